The van der Waals surface area contributed by atoms with Gasteiger partial charge in [0.2, 0.25) is 0 Å². The molecule has 3 aromatic heterocycles. The lowest BCUT2D eigenvalue weighted by atomic mass is 9.81. The highest BCUT2D eigenvalue weighted by molar-refractivity contribution is 6.88. The number of hydrogen-bond donors (Lipinski definition) is 0. The summed E-state index contributed by atoms with van der Waals surface area (Å²) in [4.78, 5) is 14.6. The van der Waals surface area contributed by atoms with Crippen molar-refractivity contribution in [1.29, 1.82) is 0 Å². The molecular formula is C47H39N3Si. The third-order valence-electron chi connectivity index (χ3n) is 10.7. The average Bonchev–Trinajstić information content (AvgIpc) is 3.38. The molecule has 0 radical (unpaired) electrons. The number of fused-ring (bicyclic) bond motifs is 5. The molecule has 1 aliphatic carbocycles. The van der Waals surface area contributed by atoms with Gasteiger partial charge in [-0.15, -0.1) is 0 Å². The van der Waals surface area contributed by atoms with E-state index in [0.29, 0.717) is 0 Å². The molecule has 246 valence electrons. The molecule has 51 heavy (non-hydrogen) atoms. The van der Waals surface area contributed by atoms with E-state index in [0.717, 1.165) is 55.4 Å². The molecule has 3 heterocycles. The number of hydrogen-bond acceptors (Lipinski definition) is 3. The van der Waals surface area contributed by atoms with E-state index >= 15 is 0 Å². The molecular weight excluding hydrogens is 635 g/mol. The van der Waals surface area contributed by atoms with Gasteiger partial charge >= 0.3 is 0 Å². The van der Waals surface area contributed by atoms with Crippen molar-refractivity contribution in [2.45, 2.75) is 38.9 Å². The van der Waals surface area contributed by atoms with E-state index in [2.05, 4.69) is 165 Å². The first kappa shape index (κ1) is 31.3. The molecule has 0 N–H and O–H groups in total. The zero-order valence-electron chi connectivity index (χ0n) is 29.7. The van der Waals surface area contributed by atoms with E-state index in [9.17, 15) is 0 Å². The number of aromatic nitrogens is 3. The molecule has 0 unspecified atom stereocenters. The van der Waals surface area contributed by atoms with Crippen LogP contribution in [0.5, 0.6) is 0 Å². The lowest BCUT2D eigenvalue weighted by Gasteiger charge is -2.24. The first-order valence-corrected chi connectivity index (χ1v) is 21.3. The largest absolute Gasteiger partial charge is 0.256 e. The molecule has 8 aromatic rings. The van der Waals surface area contributed by atoms with Crippen LogP contribution in [0, 0.1) is 0 Å². The minimum Gasteiger partial charge on any atom is -0.256 e. The summed E-state index contributed by atoms with van der Waals surface area (Å²) < 4.78 is 0. The predicted octanol–water partition coefficient (Wildman–Crippen LogP) is 11.7. The van der Waals surface area contributed by atoms with Crippen molar-refractivity contribution in [3.63, 3.8) is 0 Å². The fourth-order valence-electron chi connectivity index (χ4n) is 7.87. The second-order valence-corrected chi connectivity index (χ2v) is 20.4. The summed E-state index contributed by atoms with van der Waals surface area (Å²) in [5.41, 5.74) is 16.1. The maximum absolute atomic E-state index is 5.32. The van der Waals surface area contributed by atoms with E-state index < -0.39 is 8.07 Å². The van der Waals surface area contributed by atoms with Crippen LogP contribution in [0.1, 0.15) is 25.0 Å². The highest BCUT2D eigenvalue weighted by atomic mass is 28.3. The van der Waals surface area contributed by atoms with Gasteiger partial charge in [0.05, 0.1) is 30.5 Å². The van der Waals surface area contributed by atoms with E-state index in [-0.39, 0.29) is 5.41 Å². The molecule has 1 aliphatic rings. The molecule has 0 saturated heterocycles. The Hall–Kier alpha value is -5.71. The summed E-state index contributed by atoms with van der Waals surface area (Å²) in [6.45, 7) is 12.1. The number of nitrogens with zero attached hydrogens (tertiary/aromatic N) is 3. The third-order valence-corrected chi connectivity index (χ3v) is 12.8. The lowest BCUT2D eigenvalue weighted by molar-refractivity contribution is 0.661. The Kier molecular flexibility index (Phi) is 7.16. The van der Waals surface area contributed by atoms with Crippen LogP contribution in [0.3, 0.4) is 0 Å². The van der Waals surface area contributed by atoms with Gasteiger partial charge in [0.25, 0.3) is 0 Å². The standard InChI is InChI=1S/C47H39N3Si/c1-47(2)41-26-32(17-19-35(41)36-20-18-34(29-42(36)47)51(3,4)5)30-11-10-12-31(25-30)33-27-45(39-21-23-48-43-15-8-6-13-37(39)43)50-46(28-33)40-22-24-49-44-16-9-7-14-38(40)44/h6-29H,1-5H3. The van der Waals surface area contributed by atoms with Crippen molar-refractivity contribution >= 4 is 35.1 Å². The molecule has 5 aromatic carbocycles. The van der Waals surface area contributed by atoms with Crippen molar-refractivity contribution in [3.8, 4) is 55.9 Å². The Labute approximate surface area is 300 Å². The fraction of sp³-hybridized carbons (Fsp3) is 0.128. The molecule has 0 bridgehead atoms. The van der Waals surface area contributed by atoms with Crippen LogP contribution in [0.15, 0.2) is 146 Å². The molecule has 0 spiro atoms. The van der Waals surface area contributed by atoms with Crippen LogP contribution in [0.4, 0.5) is 0 Å². The van der Waals surface area contributed by atoms with Gasteiger partial charge < -0.3 is 0 Å². The monoisotopic (exact) mass is 673 g/mol. The van der Waals surface area contributed by atoms with Gasteiger partial charge in [0.1, 0.15) is 0 Å². The normalized spacial score (nSPS) is 13.4. The van der Waals surface area contributed by atoms with Crippen LogP contribution in [0.2, 0.25) is 19.6 Å². The van der Waals surface area contributed by atoms with Crippen LogP contribution in [-0.2, 0) is 5.41 Å². The maximum atomic E-state index is 5.32. The summed E-state index contributed by atoms with van der Waals surface area (Å²) in [5, 5.41) is 3.69. The summed E-state index contributed by atoms with van der Waals surface area (Å²) in [5.74, 6) is 0. The van der Waals surface area contributed by atoms with Gasteiger partial charge in [-0.1, -0.05) is 124 Å². The van der Waals surface area contributed by atoms with E-state index in [1.54, 1.807) is 0 Å². The molecule has 0 fully saturated rings. The lowest BCUT2D eigenvalue weighted by Crippen LogP contribution is -2.38. The Morgan fingerprint density at radius 1 is 0.451 bits per heavy atom. The maximum Gasteiger partial charge on any atom is 0.0776 e. The number of benzene rings is 5. The minimum atomic E-state index is -1.43. The Bertz CT molecular complexity index is 2560. The third kappa shape index (κ3) is 5.30. The Morgan fingerprint density at radius 2 is 0.980 bits per heavy atom. The number of para-hydroxylation sites is 2. The summed E-state index contributed by atoms with van der Waals surface area (Å²) >= 11 is 0. The van der Waals surface area contributed by atoms with Crippen LogP contribution in [0.25, 0.3) is 77.7 Å². The zero-order chi connectivity index (χ0) is 34.9. The van der Waals surface area contributed by atoms with Gasteiger partial charge in [0.15, 0.2) is 0 Å². The molecule has 0 saturated carbocycles. The minimum absolute atomic E-state index is 0.0660. The Morgan fingerprint density at radius 3 is 1.59 bits per heavy atom. The van der Waals surface area contributed by atoms with Gasteiger partial charge in [-0.05, 0) is 93.0 Å². The van der Waals surface area contributed by atoms with E-state index in [4.69, 9.17) is 4.98 Å². The fourth-order valence-corrected chi connectivity index (χ4v) is 9.03. The van der Waals surface area contributed by atoms with Gasteiger partial charge in [-0.25, -0.2) is 4.98 Å². The molecule has 0 amide bonds. The molecule has 3 nitrogen and oxygen atoms in total. The number of rotatable bonds is 5. The van der Waals surface area contributed by atoms with Crippen molar-refractivity contribution in [2.24, 2.45) is 0 Å². The van der Waals surface area contributed by atoms with Crippen molar-refractivity contribution in [3.05, 3.63) is 157 Å². The van der Waals surface area contributed by atoms with E-state index in [1.807, 2.05) is 24.5 Å². The average molecular weight is 674 g/mol. The first-order valence-electron chi connectivity index (χ1n) is 17.8. The predicted molar refractivity (Wildman–Crippen MR) is 217 cm³/mol. The number of pyridine rings is 3. The van der Waals surface area contributed by atoms with Crippen LogP contribution in [-0.4, -0.2) is 23.0 Å². The van der Waals surface area contributed by atoms with Crippen molar-refractivity contribution in [1.82, 2.24) is 15.0 Å². The zero-order valence-corrected chi connectivity index (χ0v) is 30.7. The molecule has 0 atom stereocenters. The van der Waals surface area contributed by atoms with Gasteiger partial charge in [0, 0.05) is 39.7 Å². The van der Waals surface area contributed by atoms with E-state index in [1.165, 1.54) is 38.6 Å². The second kappa shape index (κ2) is 11.7. The summed E-state index contributed by atoms with van der Waals surface area (Å²) in [7, 11) is -1.43. The van der Waals surface area contributed by atoms with Crippen LogP contribution < -0.4 is 5.19 Å². The Balaban J connectivity index is 1.18. The molecule has 9 rings (SSSR count). The summed E-state index contributed by atoms with van der Waals surface area (Å²) in [6.07, 6.45) is 3.77. The molecule has 4 heteroatoms. The topological polar surface area (TPSA) is 38.7 Å². The van der Waals surface area contributed by atoms with Crippen LogP contribution >= 0.6 is 0 Å². The SMILES string of the molecule is CC1(C)c2cc(-c3cccc(-c4cc(-c5ccnc6ccccc56)nc(-c5ccnc6ccccc56)c4)c3)ccc2-c2ccc([Si](C)(C)C)cc21. The van der Waals surface area contributed by atoms with Gasteiger partial charge in [-0.2, -0.15) is 0 Å². The molecule has 0 aliphatic heterocycles. The highest BCUT2D eigenvalue weighted by Gasteiger charge is 2.36. The smallest absolute Gasteiger partial charge is 0.0776 e. The second-order valence-electron chi connectivity index (χ2n) is 15.4. The first-order chi connectivity index (χ1) is 24.6. The quantitative estimate of drug-likeness (QED) is 0.171. The van der Waals surface area contributed by atoms with Crippen molar-refractivity contribution < 1.29 is 0 Å². The summed E-state index contributed by atoms with van der Waals surface area (Å²) in [6, 6.07) is 48.5. The van der Waals surface area contributed by atoms with Gasteiger partial charge in [-0.3, -0.25) is 9.97 Å². The highest BCUT2D eigenvalue weighted by Crippen LogP contribution is 2.49. The van der Waals surface area contributed by atoms with Crippen molar-refractivity contribution in [2.75, 3.05) is 0 Å².